The van der Waals surface area contributed by atoms with E-state index in [9.17, 15) is 9.59 Å². The molecule has 0 radical (unpaired) electrons. The average Bonchev–Trinajstić information content (AvgIpc) is 2.78. The van der Waals surface area contributed by atoms with E-state index in [4.69, 9.17) is 9.63 Å². The second kappa shape index (κ2) is 5.74. The quantitative estimate of drug-likeness (QED) is 0.890. The molecule has 0 aliphatic carbocycles. The molecule has 1 amide bonds. The van der Waals surface area contributed by atoms with E-state index in [0.29, 0.717) is 5.76 Å². The van der Waals surface area contributed by atoms with Gasteiger partial charge in [0, 0.05) is 11.8 Å². The van der Waals surface area contributed by atoms with Gasteiger partial charge in [0.05, 0.1) is 17.3 Å². The van der Waals surface area contributed by atoms with Crippen LogP contribution in [0.1, 0.15) is 50.8 Å². The van der Waals surface area contributed by atoms with E-state index in [-0.39, 0.29) is 23.2 Å². The molecule has 1 atom stereocenters. The van der Waals surface area contributed by atoms with Crippen LogP contribution in [-0.4, -0.2) is 27.1 Å². The molecule has 7 nitrogen and oxygen atoms in total. The summed E-state index contributed by atoms with van der Waals surface area (Å²) in [7, 11) is 0. The van der Waals surface area contributed by atoms with Gasteiger partial charge in [-0.05, 0) is 32.9 Å². The Kier molecular flexibility index (Phi) is 4.02. The number of nitrogens with one attached hydrogen (secondary N) is 1. The number of aromatic nitrogens is 2. The molecule has 0 aliphatic rings. The molecule has 2 aromatic rings. The number of carbonyl (C=O) groups is 2. The molecule has 2 rings (SSSR count). The Balaban J connectivity index is 2.12. The zero-order valence-corrected chi connectivity index (χ0v) is 11.9. The highest BCUT2D eigenvalue weighted by molar-refractivity contribution is 5.94. The summed E-state index contributed by atoms with van der Waals surface area (Å²) in [6.45, 7) is 5.39. The third kappa shape index (κ3) is 3.07. The summed E-state index contributed by atoms with van der Waals surface area (Å²) < 4.78 is 5.06. The highest BCUT2D eigenvalue weighted by Crippen LogP contribution is 2.21. The molecular weight excluding hydrogens is 274 g/mol. The number of aryl methyl sites for hydroxylation is 2. The maximum Gasteiger partial charge on any atom is 0.337 e. The van der Waals surface area contributed by atoms with Crippen molar-refractivity contribution in [2.24, 2.45) is 0 Å². The molecule has 2 aromatic heterocycles. The number of hydrogen-bond donors (Lipinski definition) is 2. The minimum Gasteiger partial charge on any atom is -0.478 e. The lowest BCUT2D eigenvalue weighted by molar-refractivity contribution is 0.0695. The summed E-state index contributed by atoms with van der Waals surface area (Å²) in [6.07, 6.45) is 1.15. The second-order valence-electron chi connectivity index (χ2n) is 4.67. The Morgan fingerprint density at radius 3 is 2.52 bits per heavy atom. The fourth-order valence-electron chi connectivity index (χ4n) is 2.11. The SMILES string of the molecule is Cc1noc(C)c1C(C)NC(=O)c1ccc(C(=O)O)cn1. The van der Waals surface area contributed by atoms with Gasteiger partial charge in [0.1, 0.15) is 11.5 Å². The van der Waals surface area contributed by atoms with Gasteiger partial charge in [0.2, 0.25) is 0 Å². The van der Waals surface area contributed by atoms with Gasteiger partial charge in [-0.2, -0.15) is 0 Å². The van der Waals surface area contributed by atoms with Crippen molar-refractivity contribution in [2.45, 2.75) is 26.8 Å². The molecule has 0 aliphatic heterocycles. The summed E-state index contributed by atoms with van der Waals surface area (Å²) in [6, 6.07) is 2.42. The molecule has 7 heteroatoms. The largest absolute Gasteiger partial charge is 0.478 e. The standard InChI is InChI=1S/C14H15N3O4/c1-7(12-8(2)17-21-9(12)3)16-13(18)11-5-4-10(6-15-11)14(19)20/h4-7H,1-3H3,(H,16,18)(H,19,20). The third-order valence-electron chi connectivity index (χ3n) is 3.11. The van der Waals surface area contributed by atoms with Crippen molar-refractivity contribution in [3.05, 3.63) is 46.6 Å². The molecule has 110 valence electrons. The van der Waals surface area contributed by atoms with E-state index in [0.717, 1.165) is 17.5 Å². The van der Waals surface area contributed by atoms with Crippen molar-refractivity contribution in [3.63, 3.8) is 0 Å². The van der Waals surface area contributed by atoms with Gasteiger partial charge in [0.15, 0.2) is 0 Å². The minimum atomic E-state index is -1.08. The first-order valence-electron chi connectivity index (χ1n) is 6.33. The number of hydrogen-bond acceptors (Lipinski definition) is 5. The van der Waals surface area contributed by atoms with E-state index >= 15 is 0 Å². The number of carbonyl (C=O) groups excluding carboxylic acids is 1. The first-order valence-corrected chi connectivity index (χ1v) is 6.33. The Labute approximate surface area is 121 Å². The van der Waals surface area contributed by atoms with Gasteiger partial charge in [-0.15, -0.1) is 0 Å². The highest BCUT2D eigenvalue weighted by Gasteiger charge is 2.19. The zero-order valence-electron chi connectivity index (χ0n) is 11.9. The van der Waals surface area contributed by atoms with Crippen LogP contribution in [0.3, 0.4) is 0 Å². The summed E-state index contributed by atoms with van der Waals surface area (Å²) >= 11 is 0. The number of carboxylic acid groups (broad SMARTS) is 1. The maximum atomic E-state index is 12.1. The van der Waals surface area contributed by atoms with Crippen LogP contribution in [-0.2, 0) is 0 Å². The lowest BCUT2D eigenvalue weighted by atomic mass is 10.1. The molecule has 0 aromatic carbocycles. The lowest BCUT2D eigenvalue weighted by Crippen LogP contribution is -2.28. The molecule has 1 unspecified atom stereocenters. The molecule has 0 fully saturated rings. The van der Waals surface area contributed by atoms with Crippen molar-refractivity contribution in [3.8, 4) is 0 Å². The molecule has 21 heavy (non-hydrogen) atoms. The monoisotopic (exact) mass is 289 g/mol. The topological polar surface area (TPSA) is 105 Å². The Morgan fingerprint density at radius 2 is 2.05 bits per heavy atom. The van der Waals surface area contributed by atoms with Crippen LogP contribution in [0.25, 0.3) is 0 Å². The fourth-order valence-corrected chi connectivity index (χ4v) is 2.11. The Hall–Kier alpha value is -2.70. The zero-order chi connectivity index (χ0) is 15.6. The molecule has 0 spiro atoms. The Bertz CT molecular complexity index is 657. The van der Waals surface area contributed by atoms with Crippen LogP contribution in [0.2, 0.25) is 0 Å². The van der Waals surface area contributed by atoms with Crippen LogP contribution >= 0.6 is 0 Å². The summed E-state index contributed by atoms with van der Waals surface area (Å²) in [5.41, 5.74) is 1.73. The van der Waals surface area contributed by atoms with E-state index in [2.05, 4.69) is 15.5 Å². The van der Waals surface area contributed by atoms with Crippen LogP contribution in [0.15, 0.2) is 22.9 Å². The van der Waals surface area contributed by atoms with Crippen molar-refractivity contribution in [1.82, 2.24) is 15.5 Å². The summed E-state index contributed by atoms with van der Waals surface area (Å²) in [5, 5.41) is 15.4. The van der Waals surface area contributed by atoms with Crippen LogP contribution in [0, 0.1) is 13.8 Å². The van der Waals surface area contributed by atoms with Gasteiger partial charge in [-0.3, -0.25) is 9.78 Å². The molecule has 0 saturated heterocycles. The lowest BCUT2D eigenvalue weighted by Gasteiger charge is -2.13. The number of aromatic carboxylic acids is 1. The number of amides is 1. The second-order valence-corrected chi connectivity index (χ2v) is 4.67. The number of rotatable bonds is 4. The van der Waals surface area contributed by atoms with E-state index in [1.807, 2.05) is 6.92 Å². The molecule has 0 saturated carbocycles. The van der Waals surface area contributed by atoms with E-state index < -0.39 is 5.97 Å². The summed E-state index contributed by atoms with van der Waals surface area (Å²) in [5.74, 6) is -0.826. The first kappa shape index (κ1) is 14.7. The van der Waals surface area contributed by atoms with Crippen molar-refractivity contribution < 1.29 is 19.2 Å². The average molecular weight is 289 g/mol. The summed E-state index contributed by atoms with van der Waals surface area (Å²) in [4.78, 5) is 26.7. The normalized spacial score (nSPS) is 12.0. The minimum absolute atomic E-state index is 0.0327. The number of carboxylic acids is 1. The van der Waals surface area contributed by atoms with Crippen LogP contribution in [0.5, 0.6) is 0 Å². The van der Waals surface area contributed by atoms with Crippen LogP contribution < -0.4 is 5.32 Å². The smallest absolute Gasteiger partial charge is 0.337 e. The van der Waals surface area contributed by atoms with Gasteiger partial charge in [-0.25, -0.2) is 4.79 Å². The van der Waals surface area contributed by atoms with Crippen molar-refractivity contribution in [2.75, 3.05) is 0 Å². The third-order valence-corrected chi connectivity index (χ3v) is 3.11. The van der Waals surface area contributed by atoms with Crippen LogP contribution in [0.4, 0.5) is 0 Å². The predicted octanol–water partition coefficient (Wildman–Crippen LogP) is 1.88. The number of nitrogens with zero attached hydrogens (tertiary/aromatic N) is 2. The van der Waals surface area contributed by atoms with Gasteiger partial charge < -0.3 is 14.9 Å². The van der Waals surface area contributed by atoms with E-state index in [1.165, 1.54) is 12.1 Å². The van der Waals surface area contributed by atoms with E-state index in [1.54, 1.807) is 13.8 Å². The maximum absolute atomic E-state index is 12.1. The highest BCUT2D eigenvalue weighted by atomic mass is 16.5. The number of pyridine rings is 1. The van der Waals surface area contributed by atoms with Gasteiger partial charge in [-0.1, -0.05) is 5.16 Å². The molecule has 2 N–H and O–H groups in total. The fraction of sp³-hybridized carbons (Fsp3) is 0.286. The molecular formula is C14H15N3O4. The molecule has 2 heterocycles. The van der Waals surface area contributed by atoms with Gasteiger partial charge in [0.25, 0.3) is 5.91 Å². The molecule has 0 bridgehead atoms. The Morgan fingerprint density at radius 1 is 1.33 bits per heavy atom. The predicted molar refractivity (Wildman–Crippen MR) is 73.1 cm³/mol. The van der Waals surface area contributed by atoms with Crippen molar-refractivity contribution in [1.29, 1.82) is 0 Å². The van der Waals surface area contributed by atoms with Gasteiger partial charge >= 0.3 is 5.97 Å². The van der Waals surface area contributed by atoms with Crippen molar-refractivity contribution >= 4 is 11.9 Å². The first-order chi connectivity index (χ1) is 9.90.